The van der Waals surface area contributed by atoms with Gasteiger partial charge in [0.1, 0.15) is 0 Å². The van der Waals surface area contributed by atoms with Crippen LogP contribution in [0.4, 0.5) is 10.5 Å². The van der Waals surface area contributed by atoms with Crippen LogP contribution in [0.3, 0.4) is 0 Å². The predicted octanol–water partition coefficient (Wildman–Crippen LogP) is 3.44. The first-order valence-electron chi connectivity index (χ1n) is 10.6. The second-order valence-electron chi connectivity index (χ2n) is 8.90. The predicted molar refractivity (Wildman–Crippen MR) is 104 cm³/mol. The molecule has 3 aliphatic carbocycles. The molecule has 3 amide bonds. The molecule has 4 aliphatic rings. The van der Waals surface area contributed by atoms with Crippen LogP contribution in [-0.2, 0) is 11.3 Å². The minimum Gasteiger partial charge on any atom is -0.335 e. The Morgan fingerprint density at radius 1 is 1.04 bits per heavy atom. The molecule has 1 aromatic rings. The molecular formula is C22H29N3O2. The van der Waals surface area contributed by atoms with Crippen molar-refractivity contribution in [2.75, 3.05) is 11.4 Å². The van der Waals surface area contributed by atoms with Crippen molar-refractivity contribution in [3.05, 3.63) is 29.8 Å². The summed E-state index contributed by atoms with van der Waals surface area (Å²) in [4.78, 5) is 26.1. The molecule has 0 unspecified atom stereocenters. The van der Waals surface area contributed by atoms with Crippen molar-refractivity contribution in [2.45, 2.75) is 57.5 Å². The number of carbonyl (C=O) groups is 2. The van der Waals surface area contributed by atoms with E-state index >= 15 is 0 Å². The summed E-state index contributed by atoms with van der Waals surface area (Å²) in [5.74, 6) is 3.60. The van der Waals surface area contributed by atoms with Gasteiger partial charge in [0.05, 0.1) is 0 Å². The minimum absolute atomic E-state index is 0.0408. The molecule has 1 heterocycles. The average Bonchev–Trinajstić information content (AvgIpc) is 3.42. The van der Waals surface area contributed by atoms with E-state index in [2.05, 4.69) is 10.6 Å². The standard InChI is InChI=1S/C22H29N3O2/c26-21-5-2-10-25(21)16-8-6-14(7-9-16)13-23-22(27)24-20-12-15-11-19(20)18-4-1-3-17(15)18/h6-9,15,17-20H,1-5,10-13H2,(H2,23,24,27)/t15-,17-,18+,19+,20-/m1/s1. The number of amides is 3. The highest BCUT2D eigenvalue weighted by molar-refractivity contribution is 5.95. The fraction of sp³-hybridized carbons (Fsp3) is 0.636. The van der Waals surface area contributed by atoms with Crippen LogP contribution >= 0.6 is 0 Å². The van der Waals surface area contributed by atoms with Gasteiger partial charge in [-0.3, -0.25) is 4.79 Å². The Balaban J connectivity index is 1.12. The van der Waals surface area contributed by atoms with Crippen LogP contribution in [-0.4, -0.2) is 24.5 Å². The van der Waals surface area contributed by atoms with Gasteiger partial charge < -0.3 is 15.5 Å². The quantitative estimate of drug-likeness (QED) is 0.856. The molecule has 0 spiro atoms. The number of benzene rings is 1. The highest BCUT2D eigenvalue weighted by Gasteiger charge is 2.54. The van der Waals surface area contributed by atoms with Crippen molar-refractivity contribution in [3.63, 3.8) is 0 Å². The summed E-state index contributed by atoms with van der Waals surface area (Å²) in [6, 6.07) is 8.30. The van der Waals surface area contributed by atoms with E-state index in [1.807, 2.05) is 29.2 Å². The molecule has 1 aliphatic heterocycles. The molecular weight excluding hydrogens is 338 g/mol. The Morgan fingerprint density at radius 3 is 2.63 bits per heavy atom. The maximum atomic E-state index is 12.4. The van der Waals surface area contributed by atoms with E-state index in [-0.39, 0.29) is 11.9 Å². The molecule has 2 N–H and O–H groups in total. The van der Waals surface area contributed by atoms with E-state index in [0.29, 0.717) is 24.9 Å². The number of fused-ring (bicyclic) bond motifs is 5. The lowest BCUT2D eigenvalue weighted by Crippen LogP contribution is -2.46. The molecule has 144 valence electrons. The summed E-state index contributed by atoms with van der Waals surface area (Å²) in [5.41, 5.74) is 2.02. The maximum Gasteiger partial charge on any atom is 0.315 e. The normalized spacial score (nSPS) is 34.1. The molecule has 3 saturated carbocycles. The van der Waals surface area contributed by atoms with Gasteiger partial charge in [-0.05, 0) is 73.5 Å². The third-order valence-corrected chi connectivity index (χ3v) is 7.52. The Kier molecular flexibility index (Phi) is 4.33. The van der Waals surface area contributed by atoms with E-state index < -0.39 is 0 Å². The third-order valence-electron chi connectivity index (χ3n) is 7.52. The average molecular weight is 367 g/mol. The lowest BCUT2D eigenvalue weighted by atomic mass is 9.79. The van der Waals surface area contributed by atoms with E-state index in [1.54, 1.807) is 0 Å². The first-order chi connectivity index (χ1) is 13.2. The van der Waals surface area contributed by atoms with Crippen LogP contribution in [0.15, 0.2) is 24.3 Å². The van der Waals surface area contributed by atoms with Crippen LogP contribution in [0, 0.1) is 23.7 Å². The summed E-state index contributed by atoms with van der Waals surface area (Å²) in [6.45, 7) is 1.33. The second-order valence-corrected chi connectivity index (χ2v) is 8.90. The maximum absolute atomic E-state index is 12.4. The van der Waals surface area contributed by atoms with Crippen LogP contribution in [0.5, 0.6) is 0 Å². The van der Waals surface area contributed by atoms with E-state index in [0.717, 1.165) is 42.0 Å². The first-order valence-corrected chi connectivity index (χ1v) is 10.6. The number of anilines is 1. The fourth-order valence-electron chi connectivity index (χ4n) is 6.35. The van der Waals surface area contributed by atoms with E-state index in [9.17, 15) is 9.59 Å². The fourth-order valence-corrected chi connectivity index (χ4v) is 6.35. The van der Waals surface area contributed by atoms with E-state index in [4.69, 9.17) is 0 Å². The van der Waals surface area contributed by atoms with Gasteiger partial charge in [0, 0.05) is 31.2 Å². The summed E-state index contributed by atoms with van der Waals surface area (Å²) in [7, 11) is 0. The highest BCUT2D eigenvalue weighted by atomic mass is 16.2. The Bertz CT molecular complexity index is 732. The Morgan fingerprint density at radius 2 is 1.85 bits per heavy atom. The minimum atomic E-state index is -0.0408. The molecule has 4 fully saturated rings. The molecule has 0 radical (unpaired) electrons. The van der Waals surface area contributed by atoms with Gasteiger partial charge in [-0.25, -0.2) is 4.79 Å². The van der Waals surface area contributed by atoms with Crippen molar-refractivity contribution in [2.24, 2.45) is 23.7 Å². The summed E-state index contributed by atoms with van der Waals surface area (Å²) in [5, 5.41) is 6.26. The van der Waals surface area contributed by atoms with Crippen molar-refractivity contribution in [3.8, 4) is 0 Å². The van der Waals surface area contributed by atoms with Crippen molar-refractivity contribution < 1.29 is 9.59 Å². The molecule has 27 heavy (non-hydrogen) atoms. The molecule has 2 bridgehead atoms. The molecule has 5 atom stereocenters. The van der Waals surface area contributed by atoms with Crippen LogP contribution in [0.25, 0.3) is 0 Å². The summed E-state index contributed by atoms with van der Waals surface area (Å²) < 4.78 is 0. The number of urea groups is 1. The van der Waals surface area contributed by atoms with Gasteiger partial charge in [0.25, 0.3) is 0 Å². The zero-order chi connectivity index (χ0) is 18.4. The van der Waals surface area contributed by atoms with Gasteiger partial charge >= 0.3 is 6.03 Å². The van der Waals surface area contributed by atoms with Crippen molar-refractivity contribution in [1.82, 2.24) is 10.6 Å². The number of hydrogen-bond donors (Lipinski definition) is 2. The Hall–Kier alpha value is -2.04. The number of carbonyl (C=O) groups excluding carboxylic acids is 2. The topological polar surface area (TPSA) is 61.4 Å². The number of hydrogen-bond acceptors (Lipinski definition) is 2. The van der Waals surface area contributed by atoms with Crippen LogP contribution < -0.4 is 15.5 Å². The number of nitrogens with zero attached hydrogens (tertiary/aromatic N) is 1. The lowest BCUT2D eigenvalue weighted by Gasteiger charge is -2.32. The zero-order valence-corrected chi connectivity index (χ0v) is 15.8. The second kappa shape index (κ2) is 6.84. The van der Waals surface area contributed by atoms with Gasteiger partial charge in [0.15, 0.2) is 0 Å². The van der Waals surface area contributed by atoms with Gasteiger partial charge in [-0.2, -0.15) is 0 Å². The van der Waals surface area contributed by atoms with Gasteiger partial charge in [0.2, 0.25) is 5.91 Å². The number of rotatable bonds is 4. The van der Waals surface area contributed by atoms with E-state index in [1.165, 1.54) is 32.1 Å². The van der Waals surface area contributed by atoms with Crippen molar-refractivity contribution in [1.29, 1.82) is 0 Å². The van der Waals surface area contributed by atoms with Gasteiger partial charge in [-0.1, -0.05) is 18.6 Å². The summed E-state index contributed by atoms with van der Waals surface area (Å²) in [6.07, 6.45) is 8.28. The molecule has 1 aromatic carbocycles. The molecule has 5 heteroatoms. The highest BCUT2D eigenvalue weighted by Crippen LogP contribution is 2.58. The monoisotopic (exact) mass is 367 g/mol. The SMILES string of the molecule is O=C(NCc1ccc(N2CCCC2=O)cc1)N[C@@H]1C[C@H]2C[C@H]1[C@H]1CCC[C@H]21. The molecule has 1 saturated heterocycles. The molecule has 5 nitrogen and oxygen atoms in total. The third kappa shape index (κ3) is 3.11. The largest absolute Gasteiger partial charge is 0.335 e. The summed E-state index contributed by atoms with van der Waals surface area (Å²) >= 11 is 0. The Labute approximate surface area is 160 Å². The van der Waals surface area contributed by atoms with Crippen LogP contribution in [0.1, 0.15) is 50.5 Å². The van der Waals surface area contributed by atoms with Gasteiger partial charge in [-0.15, -0.1) is 0 Å². The number of nitrogens with one attached hydrogen (secondary N) is 2. The lowest BCUT2D eigenvalue weighted by molar-refractivity contribution is -0.117. The van der Waals surface area contributed by atoms with Crippen molar-refractivity contribution >= 4 is 17.6 Å². The first kappa shape index (κ1) is 17.1. The zero-order valence-electron chi connectivity index (χ0n) is 15.8. The smallest absolute Gasteiger partial charge is 0.315 e. The molecule has 0 aromatic heterocycles. The van der Waals surface area contributed by atoms with Crippen LogP contribution in [0.2, 0.25) is 0 Å². The molecule has 5 rings (SSSR count).